The highest BCUT2D eigenvalue weighted by Gasteiger charge is 2.37. The number of amides is 1. The van der Waals surface area contributed by atoms with Gasteiger partial charge in [-0.2, -0.15) is 0 Å². The van der Waals surface area contributed by atoms with Crippen molar-refractivity contribution in [3.63, 3.8) is 0 Å². The number of anilines is 1. The van der Waals surface area contributed by atoms with Gasteiger partial charge in [-0.05, 0) is 51.3 Å². The number of hydrogen-bond donors (Lipinski definition) is 0. The van der Waals surface area contributed by atoms with E-state index < -0.39 is 20.1 Å². The fraction of sp³-hybridized carbons (Fsp3) is 0.538. The summed E-state index contributed by atoms with van der Waals surface area (Å²) in [6, 6.07) is 5.34. The van der Waals surface area contributed by atoms with Crippen molar-refractivity contribution in [3.05, 3.63) is 29.5 Å². The Morgan fingerprint density at radius 1 is 1.15 bits per heavy atom. The predicted octanol–water partition coefficient (Wildman–Crippen LogP) is 5.76. The maximum atomic E-state index is 13.3. The van der Waals surface area contributed by atoms with Gasteiger partial charge in [-0.25, -0.2) is 9.59 Å². The molecule has 0 N–H and O–H groups in total. The third kappa shape index (κ3) is 6.02. The second-order valence-electron chi connectivity index (χ2n) is 9.36. The van der Waals surface area contributed by atoms with Gasteiger partial charge >= 0.3 is 12.1 Å². The maximum Gasteiger partial charge on any atom is 0.414 e. The zero-order valence-electron chi connectivity index (χ0n) is 21.0. The summed E-state index contributed by atoms with van der Waals surface area (Å²) in [5.74, 6) is 2.64. The first-order valence-corrected chi connectivity index (χ1v) is 15.5. The van der Waals surface area contributed by atoms with E-state index in [4.69, 9.17) is 18.6 Å². The molecule has 2 atom stereocenters. The largest absolute Gasteiger partial charge is 0.460 e. The third-order valence-electron chi connectivity index (χ3n) is 5.57. The van der Waals surface area contributed by atoms with Crippen LogP contribution in [0.4, 0.5) is 10.5 Å². The molecule has 0 bridgehead atoms. The van der Waals surface area contributed by atoms with Gasteiger partial charge in [0.2, 0.25) is 5.76 Å². The molecule has 0 saturated carbocycles. The molecule has 3 rings (SSSR count). The second kappa shape index (κ2) is 11.1. The van der Waals surface area contributed by atoms with Crippen LogP contribution in [0.25, 0.3) is 11.0 Å². The number of carbonyl (C=O) groups is 2. The number of hydrogen-bond acceptors (Lipinski definition) is 6. The summed E-state index contributed by atoms with van der Waals surface area (Å²) in [6.07, 6.45) is 1.60. The first-order valence-electron chi connectivity index (χ1n) is 12.0. The van der Waals surface area contributed by atoms with Gasteiger partial charge in [0.1, 0.15) is 19.3 Å². The van der Waals surface area contributed by atoms with Gasteiger partial charge in [0.25, 0.3) is 0 Å². The zero-order valence-corrected chi connectivity index (χ0v) is 22.0. The molecule has 1 aromatic heterocycles. The average Bonchev–Trinajstić information content (AvgIpc) is 3.16. The molecule has 0 unspecified atom stereocenters. The standard InChI is InChI=1S/C26H35NO6Si/c1-7-20-17-19(12-14-32-20)27(26(29)31-9-3)23-21-16-18(13-15-34(4,5)6)10-11-22(21)33-24(23)25(28)30-8-2/h10-11,16,19-20H,7-9,12,14,17H2,1-6H3/t19-,20-/m0/s1. The molecule has 0 radical (unpaired) electrons. The Morgan fingerprint density at radius 2 is 1.88 bits per heavy atom. The van der Waals surface area contributed by atoms with Crippen molar-refractivity contribution in [2.45, 2.75) is 71.8 Å². The van der Waals surface area contributed by atoms with Crippen molar-refractivity contribution in [3.8, 4) is 11.5 Å². The molecule has 2 aromatic rings. The van der Waals surface area contributed by atoms with Crippen molar-refractivity contribution >= 4 is 36.8 Å². The fourth-order valence-electron chi connectivity index (χ4n) is 3.99. The van der Waals surface area contributed by atoms with Gasteiger partial charge in [-0.3, -0.25) is 4.90 Å². The van der Waals surface area contributed by atoms with Crippen LogP contribution in [0, 0.1) is 11.5 Å². The second-order valence-corrected chi connectivity index (χ2v) is 14.1. The number of benzene rings is 1. The van der Waals surface area contributed by atoms with Crippen LogP contribution in [0.1, 0.15) is 56.2 Å². The number of fused-ring (bicyclic) bond motifs is 1. The Morgan fingerprint density at radius 3 is 2.53 bits per heavy atom. The molecule has 0 spiro atoms. The highest BCUT2D eigenvalue weighted by molar-refractivity contribution is 6.83. The molecule has 184 valence electrons. The lowest BCUT2D eigenvalue weighted by Crippen LogP contribution is -2.46. The number of carbonyl (C=O) groups excluding carboxylic acids is 2. The molecule has 0 aliphatic carbocycles. The zero-order chi connectivity index (χ0) is 24.9. The molecule has 1 amide bonds. The lowest BCUT2D eigenvalue weighted by molar-refractivity contribution is 0.00465. The normalized spacial score (nSPS) is 18.2. The Bertz CT molecular complexity index is 1090. The number of nitrogens with zero attached hydrogens (tertiary/aromatic N) is 1. The molecule has 2 heterocycles. The molecule has 1 fully saturated rings. The van der Waals surface area contributed by atoms with Crippen LogP contribution in [-0.2, 0) is 14.2 Å². The molecule has 1 aromatic carbocycles. The molecule has 1 saturated heterocycles. The highest BCUT2D eigenvalue weighted by atomic mass is 28.3. The van der Waals surface area contributed by atoms with Crippen LogP contribution in [0.3, 0.4) is 0 Å². The summed E-state index contributed by atoms with van der Waals surface area (Å²) in [5.41, 5.74) is 5.04. The minimum absolute atomic E-state index is 0.000232. The van der Waals surface area contributed by atoms with Crippen molar-refractivity contribution < 1.29 is 28.2 Å². The van der Waals surface area contributed by atoms with Gasteiger partial charge in [0.15, 0.2) is 0 Å². The topological polar surface area (TPSA) is 78.2 Å². The van der Waals surface area contributed by atoms with E-state index in [1.54, 1.807) is 24.8 Å². The molecular formula is C26H35NO6Si. The van der Waals surface area contributed by atoms with Crippen LogP contribution in [0.15, 0.2) is 22.6 Å². The number of rotatable bonds is 6. The minimum atomic E-state index is -1.59. The SMILES string of the molecule is CCOC(=O)c1oc2ccc(C#C[Si](C)(C)C)cc2c1N(C(=O)OCC)[C@H]1CCO[C@@H](CC)C1. The van der Waals surface area contributed by atoms with E-state index in [9.17, 15) is 9.59 Å². The predicted molar refractivity (Wildman–Crippen MR) is 135 cm³/mol. The Labute approximate surface area is 202 Å². The summed E-state index contributed by atoms with van der Waals surface area (Å²) in [7, 11) is -1.59. The van der Waals surface area contributed by atoms with Gasteiger partial charge in [-0.1, -0.05) is 32.5 Å². The van der Waals surface area contributed by atoms with Gasteiger partial charge in [0, 0.05) is 23.6 Å². The van der Waals surface area contributed by atoms with Gasteiger partial charge < -0.3 is 18.6 Å². The van der Waals surface area contributed by atoms with Crippen molar-refractivity contribution in [2.24, 2.45) is 0 Å². The fourth-order valence-corrected chi connectivity index (χ4v) is 4.51. The molecular weight excluding hydrogens is 450 g/mol. The van der Waals surface area contributed by atoms with Crippen molar-refractivity contribution in [1.82, 2.24) is 0 Å². The van der Waals surface area contributed by atoms with E-state index in [1.165, 1.54) is 0 Å². The van der Waals surface area contributed by atoms with Crippen LogP contribution >= 0.6 is 0 Å². The summed E-state index contributed by atoms with van der Waals surface area (Å²) in [6.45, 7) is 13.0. The molecule has 34 heavy (non-hydrogen) atoms. The summed E-state index contributed by atoms with van der Waals surface area (Å²) < 4.78 is 22.5. The van der Waals surface area contributed by atoms with E-state index in [1.807, 2.05) is 12.1 Å². The van der Waals surface area contributed by atoms with Crippen LogP contribution in [0.2, 0.25) is 19.6 Å². The molecule has 1 aliphatic heterocycles. The molecule has 1 aliphatic rings. The Kier molecular flexibility index (Phi) is 8.45. The van der Waals surface area contributed by atoms with E-state index in [2.05, 4.69) is 38.0 Å². The van der Waals surface area contributed by atoms with Gasteiger partial charge in [0.05, 0.1) is 19.3 Å². The van der Waals surface area contributed by atoms with Crippen LogP contribution in [0.5, 0.6) is 0 Å². The maximum absolute atomic E-state index is 13.3. The van der Waals surface area contributed by atoms with Crippen LogP contribution < -0.4 is 4.90 Å². The molecule has 8 heteroatoms. The van der Waals surface area contributed by atoms with Crippen molar-refractivity contribution in [1.29, 1.82) is 0 Å². The van der Waals surface area contributed by atoms with E-state index in [0.29, 0.717) is 36.1 Å². The summed E-state index contributed by atoms with van der Waals surface area (Å²) in [5, 5.41) is 0.637. The first-order chi connectivity index (χ1) is 16.2. The molecule has 7 nitrogen and oxygen atoms in total. The highest BCUT2D eigenvalue weighted by Crippen LogP contribution is 2.39. The van der Waals surface area contributed by atoms with E-state index >= 15 is 0 Å². The average molecular weight is 486 g/mol. The van der Waals surface area contributed by atoms with Crippen LogP contribution in [-0.4, -0.2) is 52.1 Å². The van der Waals surface area contributed by atoms with Crippen molar-refractivity contribution in [2.75, 3.05) is 24.7 Å². The monoisotopic (exact) mass is 485 g/mol. The quantitative estimate of drug-likeness (QED) is 0.294. The number of furan rings is 1. The lowest BCUT2D eigenvalue weighted by atomic mass is 9.99. The smallest absolute Gasteiger partial charge is 0.414 e. The summed E-state index contributed by atoms with van der Waals surface area (Å²) >= 11 is 0. The minimum Gasteiger partial charge on any atom is -0.460 e. The number of esters is 1. The number of ether oxygens (including phenoxy) is 3. The third-order valence-corrected chi connectivity index (χ3v) is 6.44. The lowest BCUT2D eigenvalue weighted by Gasteiger charge is -2.36. The Hall–Kier alpha value is -2.76. The van der Waals surface area contributed by atoms with E-state index in [0.717, 1.165) is 12.0 Å². The van der Waals surface area contributed by atoms with Gasteiger partial charge in [-0.15, -0.1) is 5.54 Å². The van der Waals surface area contributed by atoms with E-state index in [-0.39, 0.29) is 31.1 Å². The Balaban J connectivity index is 2.22. The summed E-state index contributed by atoms with van der Waals surface area (Å²) in [4.78, 5) is 27.8. The first kappa shape index (κ1) is 25.9.